The average Bonchev–Trinajstić information content (AvgIpc) is 2.29. The third kappa shape index (κ3) is 2.95. The number of hydrogen-bond donors (Lipinski definition) is 0. The van der Waals surface area contributed by atoms with Crippen LogP contribution in [-0.2, 0) is 0 Å². The van der Waals surface area contributed by atoms with E-state index < -0.39 is 0 Å². The molecular formula is C11H14BrN3O2. The molecule has 0 aromatic heterocycles. The van der Waals surface area contributed by atoms with Crippen LogP contribution in [0.1, 0.15) is 0 Å². The van der Waals surface area contributed by atoms with E-state index in [1.54, 1.807) is 6.07 Å². The van der Waals surface area contributed by atoms with Gasteiger partial charge in [0.2, 0.25) is 0 Å². The smallest absolute Gasteiger partial charge is 0.272 e. The summed E-state index contributed by atoms with van der Waals surface area (Å²) in [6.07, 6.45) is 0. The molecule has 0 N–H and O–H groups in total. The minimum absolute atomic E-state index is 0.133. The van der Waals surface area contributed by atoms with E-state index in [1.807, 2.05) is 6.07 Å². The fourth-order valence-corrected chi connectivity index (χ4v) is 2.38. The van der Waals surface area contributed by atoms with Gasteiger partial charge in [0.05, 0.1) is 4.92 Å². The topological polar surface area (TPSA) is 49.6 Å². The summed E-state index contributed by atoms with van der Waals surface area (Å²) in [5, 5.41) is 10.8. The Kier molecular flexibility index (Phi) is 3.63. The highest BCUT2D eigenvalue weighted by molar-refractivity contribution is 9.10. The summed E-state index contributed by atoms with van der Waals surface area (Å²) in [4.78, 5) is 14.9. The Morgan fingerprint density at radius 1 is 1.24 bits per heavy atom. The van der Waals surface area contributed by atoms with Gasteiger partial charge in [-0.3, -0.25) is 10.1 Å². The minimum Gasteiger partial charge on any atom is -0.369 e. The first kappa shape index (κ1) is 12.3. The lowest BCUT2D eigenvalue weighted by molar-refractivity contribution is -0.384. The molecule has 1 aliphatic heterocycles. The molecule has 0 saturated carbocycles. The molecule has 0 amide bonds. The Morgan fingerprint density at radius 3 is 2.47 bits per heavy atom. The van der Waals surface area contributed by atoms with Crippen molar-refractivity contribution in [3.05, 3.63) is 32.8 Å². The first-order chi connectivity index (χ1) is 8.06. The van der Waals surface area contributed by atoms with Crippen molar-refractivity contribution in [1.29, 1.82) is 0 Å². The molecule has 1 fully saturated rings. The molecule has 0 aliphatic carbocycles. The largest absolute Gasteiger partial charge is 0.369 e. The van der Waals surface area contributed by atoms with Crippen LogP contribution in [-0.4, -0.2) is 43.0 Å². The van der Waals surface area contributed by atoms with Crippen LogP contribution in [0.2, 0.25) is 0 Å². The van der Waals surface area contributed by atoms with Crippen LogP contribution in [0.4, 0.5) is 11.4 Å². The van der Waals surface area contributed by atoms with Crippen LogP contribution in [0, 0.1) is 10.1 Å². The summed E-state index contributed by atoms with van der Waals surface area (Å²) < 4.78 is 0.751. The fraction of sp³-hybridized carbons (Fsp3) is 0.455. The van der Waals surface area contributed by atoms with E-state index >= 15 is 0 Å². The molecule has 5 nitrogen and oxygen atoms in total. The average molecular weight is 300 g/mol. The van der Waals surface area contributed by atoms with Crippen molar-refractivity contribution in [3.8, 4) is 0 Å². The third-order valence-electron chi connectivity index (χ3n) is 2.95. The normalized spacial score (nSPS) is 17.2. The van der Waals surface area contributed by atoms with Crippen molar-refractivity contribution >= 4 is 27.3 Å². The number of likely N-dealkylation sites (N-methyl/N-ethyl adjacent to an activating group) is 1. The van der Waals surface area contributed by atoms with Gasteiger partial charge in [-0.15, -0.1) is 0 Å². The molecule has 0 spiro atoms. The number of hydrogen-bond acceptors (Lipinski definition) is 4. The van der Waals surface area contributed by atoms with E-state index in [1.165, 1.54) is 6.07 Å². The number of halogens is 1. The quantitative estimate of drug-likeness (QED) is 0.620. The Morgan fingerprint density at radius 2 is 1.88 bits per heavy atom. The predicted molar refractivity (Wildman–Crippen MR) is 70.5 cm³/mol. The van der Waals surface area contributed by atoms with Crippen molar-refractivity contribution in [1.82, 2.24) is 4.90 Å². The maximum Gasteiger partial charge on any atom is 0.272 e. The number of rotatable bonds is 2. The number of nitro benzene ring substituents is 1. The molecule has 1 aliphatic rings. The molecule has 0 atom stereocenters. The van der Waals surface area contributed by atoms with Crippen LogP contribution in [0.15, 0.2) is 22.7 Å². The van der Waals surface area contributed by atoms with Gasteiger partial charge in [0.15, 0.2) is 0 Å². The molecule has 2 rings (SSSR count). The molecule has 6 heteroatoms. The van der Waals surface area contributed by atoms with Gasteiger partial charge in [-0.1, -0.05) is 15.9 Å². The van der Waals surface area contributed by atoms with Crippen LogP contribution < -0.4 is 4.90 Å². The van der Waals surface area contributed by atoms with Crippen LogP contribution in [0.5, 0.6) is 0 Å². The summed E-state index contributed by atoms with van der Waals surface area (Å²) in [7, 11) is 2.08. The Bertz CT molecular complexity index is 431. The molecule has 92 valence electrons. The third-order valence-corrected chi connectivity index (χ3v) is 3.40. The standard InChI is InChI=1S/C11H14BrN3O2/c1-13-2-4-14(5-3-13)10-6-9(12)7-11(8-10)15(16)17/h6-8H,2-5H2,1H3. The van der Waals surface area contributed by atoms with Gasteiger partial charge in [-0.2, -0.15) is 0 Å². The molecule has 1 saturated heterocycles. The second-order valence-electron chi connectivity index (χ2n) is 4.22. The monoisotopic (exact) mass is 299 g/mol. The van der Waals surface area contributed by atoms with Crippen molar-refractivity contribution in [2.45, 2.75) is 0 Å². The Balaban J connectivity index is 2.23. The molecule has 0 bridgehead atoms. The van der Waals surface area contributed by atoms with E-state index in [2.05, 4.69) is 32.8 Å². The molecule has 1 aromatic rings. The SMILES string of the molecule is CN1CCN(c2cc(Br)cc([N+](=O)[O-])c2)CC1. The number of non-ortho nitro benzene ring substituents is 1. The second-order valence-corrected chi connectivity index (χ2v) is 5.13. The zero-order valence-corrected chi connectivity index (χ0v) is 11.2. The molecule has 1 heterocycles. The van der Waals surface area contributed by atoms with Gasteiger partial charge in [0, 0.05) is 48.5 Å². The Hall–Kier alpha value is -1.14. The van der Waals surface area contributed by atoms with Gasteiger partial charge < -0.3 is 9.80 Å². The maximum atomic E-state index is 10.8. The molecule has 0 radical (unpaired) electrons. The molecular weight excluding hydrogens is 286 g/mol. The van der Waals surface area contributed by atoms with Crippen molar-refractivity contribution in [2.24, 2.45) is 0 Å². The molecule has 0 unspecified atom stereocenters. The van der Waals surface area contributed by atoms with Crippen molar-refractivity contribution in [2.75, 3.05) is 38.1 Å². The fourth-order valence-electron chi connectivity index (χ4n) is 1.91. The number of piperazine rings is 1. The maximum absolute atomic E-state index is 10.8. The minimum atomic E-state index is -0.357. The van der Waals surface area contributed by atoms with Gasteiger partial charge >= 0.3 is 0 Å². The van der Waals surface area contributed by atoms with Crippen LogP contribution >= 0.6 is 15.9 Å². The summed E-state index contributed by atoms with van der Waals surface area (Å²) >= 11 is 3.32. The summed E-state index contributed by atoms with van der Waals surface area (Å²) in [5.41, 5.74) is 1.05. The first-order valence-electron chi connectivity index (χ1n) is 5.45. The number of nitrogens with zero attached hydrogens (tertiary/aromatic N) is 3. The van der Waals surface area contributed by atoms with E-state index in [4.69, 9.17) is 0 Å². The second kappa shape index (κ2) is 5.01. The van der Waals surface area contributed by atoms with Gasteiger partial charge in [-0.25, -0.2) is 0 Å². The van der Waals surface area contributed by atoms with Gasteiger partial charge in [-0.05, 0) is 13.1 Å². The number of benzene rings is 1. The summed E-state index contributed by atoms with van der Waals surface area (Å²) in [5.74, 6) is 0. The highest BCUT2D eigenvalue weighted by Gasteiger charge is 2.17. The summed E-state index contributed by atoms with van der Waals surface area (Å²) in [6, 6.07) is 5.09. The number of anilines is 1. The van der Waals surface area contributed by atoms with E-state index in [9.17, 15) is 10.1 Å². The lowest BCUT2D eigenvalue weighted by atomic mass is 10.2. The highest BCUT2D eigenvalue weighted by Crippen LogP contribution is 2.27. The zero-order valence-electron chi connectivity index (χ0n) is 9.60. The van der Waals surface area contributed by atoms with E-state index in [0.717, 1.165) is 36.3 Å². The predicted octanol–water partition coefficient (Wildman–Crippen LogP) is 2.11. The highest BCUT2D eigenvalue weighted by atomic mass is 79.9. The first-order valence-corrected chi connectivity index (χ1v) is 6.24. The van der Waals surface area contributed by atoms with E-state index in [-0.39, 0.29) is 10.6 Å². The number of nitro groups is 1. The van der Waals surface area contributed by atoms with Crippen LogP contribution in [0.25, 0.3) is 0 Å². The van der Waals surface area contributed by atoms with Crippen LogP contribution in [0.3, 0.4) is 0 Å². The van der Waals surface area contributed by atoms with Crippen molar-refractivity contribution in [3.63, 3.8) is 0 Å². The zero-order chi connectivity index (χ0) is 12.4. The van der Waals surface area contributed by atoms with Gasteiger partial charge in [0.25, 0.3) is 5.69 Å². The van der Waals surface area contributed by atoms with Crippen molar-refractivity contribution < 1.29 is 4.92 Å². The Labute approximate surface area is 108 Å². The molecule has 1 aromatic carbocycles. The van der Waals surface area contributed by atoms with E-state index in [0.29, 0.717) is 0 Å². The van der Waals surface area contributed by atoms with Gasteiger partial charge in [0.1, 0.15) is 0 Å². The lowest BCUT2D eigenvalue weighted by Crippen LogP contribution is -2.44. The molecule has 17 heavy (non-hydrogen) atoms. The lowest BCUT2D eigenvalue weighted by Gasteiger charge is -2.34. The summed E-state index contributed by atoms with van der Waals surface area (Å²) in [6.45, 7) is 3.79.